The van der Waals surface area contributed by atoms with Crippen LogP contribution in [0.25, 0.3) is 0 Å². The van der Waals surface area contributed by atoms with Crippen LogP contribution in [-0.4, -0.2) is 17.7 Å². The number of aromatic nitrogens is 2. The number of rotatable bonds is 22. The van der Waals surface area contributed by atoms with Crippen LogP contribution in [0.2, 0.25) is 0 Å². The molecular weight excluding hydrogens is 1160 g/mol. The molecule has 0 unspecified atom stereocenters. The van der Waals surface area contributed by atoms with E-state index in [-0.39, 0.29) is 0 Å². The van der Waals surface area contributed by atoms with E-state index < -0.39 is 195 Å². The summed E-state index contributed by atoms with van der Waals surface area (Å²) in [4.78, 5) is 9.57. The minimum atomic E-state index is -6.13. The third kappa shape index (κ3) is 19.9. The normalized spacial score (nSPS) is 13.3. The monoisotopic (exact) mass is 1210 g/mol. The van der Waals surface area contributed by atoms with Crippen molar-refractivity contribution in [3.05, 3.63) is 142 Å². The summed E-state index contributed by atoms with van der Waals surface area (Å²) in [7, 11) is 0. The number of hydrogen-bond acceptors (Lipinski definition) is 2. The molecule has 5 rings (SSSR count). The maximum Gasteiger partial charge on any atom is 0.416 e. The molecule has 0 fully saturated rings. The largest absolute Gasteiger partial charge is 0.416 e. The number of benzene rings is 4. The Morgan fingerprint density at radius 3 is 0.695 bits per heavy atom. The summed E-state index contributed by atoms with van der Waals surface area (Å²) in [5, 5.41) is 0. The van der Waals surface area contributed by atoms with E-state index in [2.05, 4.69) is 11.9 Å². The van der Waals surface area contributed by atoms with Gasteiger partial charge in [0.25, 0.3) is 0 Å². The van der Waals surface area contributed by atoms with E-state index in [0.717, 1.165) is 13.0 Å². The van der Waals surface area contributed by atoms with Crippen LogP contribution < -0.4 is 31.4 Å². The fraction of sp³-hybridized carbons (Fsp3) is 0.481. The number of unbranched alkanes of at least 4 members (excludes halogenated alkanes) is 15. The molecule has 0 saturated carbocycles. The second-order valence-corrected chi connectivity index (χ2v) is 19.5. The highest BCUT2D eigenvalue weighted by Crippen LogP contribution is 2.41. The van der Waals surface area contributed by atoms with Crippen molar-refractivity contribution in [1.29, 1.82) is 0 Å². The van der Waals surface area contributed by atoms with Gasteiger partial charge >= 0.3 is 49.4 Å². The van der Waals surface area contributed by atoms with Crippen molar-refractivity contribution >= 4 is 28.0 Å². The number of alkyl halides is 24. The first-order chi connectivity index (χ1) is 37.7. The van der Waals surface area contributed by atoms with Gasteiger partial charge in [0.1, 0.15) is 6.15 Å². The van der Waals surface area contributed by atoms with E-state index in [0.29, 0.717) is 0 Å². The maximum atomic E-state index is 14.2. The van der Waals surface area contributed by atoms with Gasteiger partial charge in [0.05, 0.1) is 56.9 Å². The zero-order valence-corrected chi connectivity index (χ0v) is 43.2. The van der Waals surface area contributed by atoms with Crippen LogP contribution in [0.5, 0.6) is 0 Å². The number of halogens is 24. The van der Waals surface area contributed by atoms with Gasteiger partial charge in [0.15, 0.2) is 6.61 Å². The lowest BCUT2D eigenvalue weighted by Gasteiger charge is -2.46. The molecule has 3 nitrogen and oxygen atoms in total. The van der Waals surface area contributed by atoms with Gasteiger partial charge in [-0.25, -0.2) is 0 Å². The molecule has 0 atom stereocenters. The highest BCUT2D eigenvalue weighted by molar-refractivity contribution is 7.20. The van der Waals surface area contributed by atoms with Gasteiger partial charge in [-0.15, -0.1) is 0 Å². The van der Waals surface area contributed by atoms with Crippen molar-refractivity contribution in [2.45, 2.75) is 159 Å². The average Bonchev–Trinajstić information content (AvgIpc) is 1.68. The molecule has 0 aliphatic carbocycles. The lowest BCUT2D eigenvalue weighted by atomic mass is 9.12. The first-order valence-corrected chi connectivity index (χ1v) is 25.5. The summed E-state index contributed by atoms with van der Waals surface area (Å²) in [6.45, 7) is 3.09. The minimum Gasteiger partial charge on any atom is -0.271 e. The predicted octanol–water partition coefficient (Wildman–Crippen LogP) is 17.3. The molecule has 28 heteroatoms. The van der Waals surface area contributed by atoms with Gasteiger partial charge in [-0.05, 0) is 37.1 Å². The van der Waals surface area contributed by atoms with Crippen LogP contribution >= 0.6 is 0 Å². The first-order valence-electron chi connectivity index (χ1n) is 25.5. The molecule has 5 aromatic rings. The standard InChI is InChI=1S/C32H12BF24.C22H41N2O/c34-25(35,36)13-1-14(26(37,38)39)6-21(5-13)33(22-7-15(27(40,41)42)2-16(8-22)28(43,44)45,23-9-17(29(46,47)48)3-18(10-23)30(49,50)51)24-11-19(31(52,53)54)4-20(12-24)32(55,56)57;1-2-3-4-5-6-7-8-9-10-11-12-13-14-15-16-17-22-25-24-20-18-23-19-21-24/h1-12H;18-21H,2-17,22H2,1H3/q-1;+1. The molecule has 0 aliphatic rings. The van der Waals surface area contributed by atoms with Gasteiger partial charge in [-0.1, -0.05) is 145 Å². The molecule has 82 heavy (non-hydrogen) atoms. The third-order valence-corrected chi connectivity index (χ3v) is 13.3. The van der Waals surface area contributed by atoms with Crippen LogP contribution in [0.4, 0.5) is 105 Å². The Balaban J connectivity index is 0.000000483. The second kappa shape index (κ2) is 27.7. The lowest BCUT2D eigenvalue weighted by molar-refractivity contribution is -0.891. The van der Waals surface area contributed by atoms with Crippen molar-refractivity contribution in [3.8, 4) is 0 Å². The van der Waals surface area contributed by atoms with Crippen molar-refractivity contribution in [2.75, 3.05) is 6.61 Å². The fourth-order valence-corrected chi connectivity index (χ4v) is 9.28. The van der Waals surface area contributed by atoms with Crippen molar-refractivity contribution in [1.82, 2.24) is 4.98 Å². The van der Waals surface area contributed by atoms with Crippen LogP contribution in [0.15, 0.2) is 97.6 Å². The van der Waals surface area contributed by atoms with Gasteiger partial charge < -0.3 is 0 Å². The highest BCUT2D eigenvalue weighted by Gasteiger charge is 2.47. The Hall–Kier alpha value is -5.86. The molecule has 0 N–H and O–H groups in total. The Bertz CT molecular complexity index is 2360. The molecule has 1 aromatic heterocycles. The van der Waals surface area contributed by atoms with Crippen LogP contribution in [0.3, 0.4) is 0 Å². The summed E-state index contributed by atoms with van der Waals surface area (Å²) in [6.07, 6.45) is -25.2. The molecule has 0 amide bonds. The topological polar surface area (TPSA) is 26.0 Å². The number of nitrogens with zero attached hydrogens (tertiary/aromatic N) is 2. The van der Waals surface area contributed by atoms with E-state index in [1.807, 2.05) is 12.4 Å². The molecule has 0 radical (unpaired) electrons. The zero-order chi connectivity index (χ0) is 61.8. The van der Waals surface area contributed by atoms with Crippen molar-refractivity contribution in [3.63, 3.8) is 0 Å². The summed E-state index contributed by atoms with van der Waals surface area (Å²) < 4.78 is 343. The summed E-state index contributed by atoms with van der Waals surface area (Å²) in [6, 6.07) is -8.81. The predicted molar refractivity (Wildman–Crippen MR) is 255 cm³/mol. The SMILES string of the molecule is CCCCCCCCCCCCCCCCCCO[n+]1ccncc1.FC(F)(F)c1cc([B-](c2cc(C(F)(F)F)cc(C(F)(F)F)c2)(c2cc(C(F)(F)F)cc(C(F)(F)F)c2)c2cc(C(F)(F)F)cc(C(F)(F)F)c2)cc(C(F)(F)F)c1. The van der Waals surface area contributed by atoms with E-state index in [9.17, 15) is 105 Å². The molecule has 1 heterocycles. The molecule has 0 spiro atoms. The lowest BCUT2D eigenvalue weighted by Crippen LogP contribution is -2.75. The zero-order valence-electron chi connectivity index (χ0n) is 43.2. The third-order valence-electron chi connectivity index (χ3n) is 13.3. The Morgan fingerprint density at radius 1 is 0.305 bits per heavy atom. The molecule has 0 aliphatic heterocycles. The summed E-state index contributed by atoms with van der Waals surface area (Å²) in [5.74, 6) is 0. The highest BCUT2D eigenvalue weighted by atomic mass is 19.4. The van der Waals surface area contributed by atoms with E-state index in [1.165, 1.54) is 96.3 Å². The summed E-state index contributed by atoms with van der Waals surface area (Å²) in [5.41, 5.74) is -30.2. The van der Waals surface area contributed by atoms with Crippen molar-refractivity contribution in [2.24, 2.45) is 0 Å². The fourth-order valence-electron chi connectivity index (χ4n) is 9.28. The van der Waals surface area contributed by atoms with E-state index in [4.69, 9.17) is 4.84 Å². The molecule has 0 bridgehead atoms. The maximum absolute atomic E-state index is 14.2. The molecule has 4 aromatic carbocycles. The van der Waals surface area contributed by atoms with Gasteiger partial charge in [0, 0.05) is 4.73 Å². The van der Waals surface area contributed by atoms with Gasteiger partial charge in [-0.2, -0.15) is 127 Å². The molecule has 456 valence electrons. The van der Waals surface area contributed by atoms with Gasteiger partial charge in [-0.3, -0.25) is 9.82 Å². The molecule has 0 saturated heterocycles. The van der Waals surface area contributed by atoms with E-state index >= 15 is 0 Å². The van der Waals surface area contributed by atoms with Crippen LogP contribution in [0, 0.1) is 0 Å². The Morgan fingerprint density at radius 2 is 0.500 bits per heavy atom. The number of hydrogen-bond donors (Lipinski definition) is 0. The van der Waals surface area contributed by atoms with Crippen molar-refractivity contribution < 1.29 is 115 Å². The summed E-state index contributed by atoms with van der Waals surface area (Å²) >= 11 is 0. The van der Waals surface area contributed by atoms with E-state index in [1.54, 1.807) is 17.1 Å². The Labute approximate surface area is 455 Å². The smallest absolute Gasteiger partial charge is 0.271 e. The minimum absolute atomic E-state index is 0.691. The van der Waals surface area contributed by atoms with Crippen LogP contribution in [0.1, 0.15) is 154 Å². The van der Waals surface area contributed by atoms with Gasteiger partial charge in [0.2, 0.25) is 12.4 Å². The quantitative estimate of drug-likeness (QED) is 0.0299. The molecular formula is C54H53BF24N2O. The van der Waals surface area contributed by atoms with Crippen LogP contribution in [-0.2, 0) is 49.4 Å². The average molecular weight is 1210 g/mol. The Kier molecular flexibility index (Phi) is 23.2. The first kappa shape index (κ1) is 68.6. The second-order valence-electron chi connectivity index (χ2n) is 19.5.